The van der Waals surface area contributed by atoms with E-state index in [0.717, 1.165) is 54.0 Å². The zero-order valence-electron chi connectivity index (χ0n) is 18.1. The average molecular weight is 382 g/mol. The molecule has 1 aliphatic carbocycles. The molecule has 3 rings (SSSR count). The van der Waals surface area contributed by atoms with E-state index in [1.165, 1.54) is 11.3 Å². The van der Waals surface area contributed by atoms with Crippen LogP contribution in [-0.4, -0.2) is 31.7 Å². The smallest absolute Gasteiger partial charge is 0.213 e. The summed E-state index contributed by atoms with van der Waals surface area (Å²) in [6, 6.07) is 4.16. The van der Waals surface area contributed by atoms with E-state index in [4.69, 9.17) is 9.40 Å². The van der Waals surface area contributed by atoms with Gasteiger partial charge in [0, 0.05) is 49.6 Å². The van der Waals surface area contributed by atoms with Gasteiger partial charge in [-0.1, -0.05) is 6.92 Å². The summed E-state index contributed by atoms with van der Waals surface area (Å²) in [5.74, 6) is 0.591. The van der Waals surface area contributed by atoms with Gasteiger partial charge < -0.3 is 14.2 Å². The number of anilines is 2. The van der Waals surface area contributed by atoms with E-state index in [1.54, 1.807) is 0 Å². The van der Waals surface area contributed by atoms with Gasteiger partial charge in [0.1, 0.15) is 5.52 Å². The highest BCUT2D eigenvalue weighted by molar-refractivity contribution is 5.84. The van der Waals surface area contributed by atoms with E-state index >= 15 is 0 Å². The van der Waals surface area contributed by atoms with Gasteiger partial charge in [-0.15, -0.1) is 0 Å². The molecule has 0 radical (unpaired) electrons. The Morgan fingerprint density at radius 1 is 1.00 bits per heavy atom. The van der Waals surface area contributed by atoms with Crippen LogP contribution in [0.2, 0.25) is 0 Å². The highest BCUT2D eigenvalue weighted by Gasteiger charge is 2.24. The summed E-state index contributed by atoms with van der Waals surface area (Å²) >= 11 is 0. The minimum absolute atomic E-state index is 0.0487. The molecule has 150 valence electrons. The zero-order valence-corrected chi connectivity index (χ0v) is 18.1. The quantitative estimate of drug-likeness (QED) is 0.576. The third-order valence-electron chi connectivity index (χ3n) is 5.77. The third kappa shape index (κ3) is 3.13. The van der Waals surface area contributed by atoms with E-state index in [0.29, 0.717) is 11.5 Å². The molecule has 0 fully saturated rings. The molecule has 0 saturated carbocycles. The van der Waals surface area contributed by atoms with Crippen LogP contribution in [0.3, 0.4) is 0 Å². The first-order valence-electron chi connectivity index (χ1n) is 10.2. The molecule has 5 nitrogen and oxygen atoms in total. The number of aryl methyl sites for hydroxylation is 1. The summed E-state index contributed by atoms with van der Waals surface area (Å²) in [7, 11) is 2.00. The molecule has 0 unspecified atom stereocenters. The van der Waals surface area contributed by atoms with Crippen LogP contribution in [0, 0.1) is 13.8 Å². The summed E-state index contributed by atoms with van der Waals surface area (Å²) < 4.78 is 6.31. The molecule has 0 amide bonds. The van der Waals surface area contributed by atoms with E-state index < -0.39 is 0 Å². The first-order chi connectivity index (χ1) is 13.4. The highest BCUT2D eigenvalue weighted by Crippen LogP contribution is 2.35. The molecule has 0 atom stereocenters. The van der Waals surface area contributed by atoms with Gasteiger partial charge in [0.2, 0.25) is 5.43 Å². The minimum atomic E-state index is -0.0487. The van der Waals surface area contributed by atoms with Crippen LogP contribution in [0.15, 0.2) is 21.3 Å². The van der Waals surface area contributed by atoms with E-state index in [9.17, 15) is 4.79 Å². The van der Waals surface area contributed by atoms with Crippen molar-refractivity contribution in [3.05, 3.63) is 39.0 Å². The molecular formula is C23H31N3O2. The topological polar surface area (TPSA) is 49.6 Å². The highest BCUT2D eigenvalue weighted by atomic mass is 16.3. The van der Waals surface area contributed by atoms with Gasteiger partial charge in [-0.05, 0) is 52.7 Å². The van der Waals surface area contributed by atoms with Crippen molar-refractivity contribution in [3.8, 4) is 11.5 Å². The van der Waals surface area contributed by atoms with Crippen molar-refractivity contribution in [1.29, 1.82) is 0 Å². The SMILES string of the molecule is CCc1cc2nc3c(=O)c(C)c(N(C)CC)c(C)c-3oc2cc1N(CC)CC. The Labute approximate surface area is 167 Å². The first kappa shape index (κ1) is 20.2. The lowest BCUT2D eigenvalue weighted by molar-refractivity contribution is 0.606. The van der Waals surface area contributed by atoms with Crippen LogP contribution in [0.1, 0.15) is 44.4 Å². The van der Waals surface area contributed by atoms with Crippen LogP contribution < -0.4 is 15.2 Å². The Hall–Kier alpha value is -2.56. The minimum Gasteiger partial charge on any atom is -0.452 e. The number of aromatic nitrogens is 1. The maximum atomic E-state index is 13.0. The number of benzene rings is 2. The Morgan fingerprint density at radius 2 is 1.68 bits per heavy atom. The van der Waals surface area contributed by atoms with E-state index in [1.807, 2.05) is 20.9 Å². The van der Waals surface area contributed by atoms with Gasteiger partial charge in [-0.2, -0.15) is 0 Å². The summed E-state index contributed by atoms with van der Waals surface area (Å²) in [5.41, 5.74) is 6.89. The van der Waals surface area contributed by atoms with Crippen molar-refractivity contribution in [1.82, 2.24) is 4.98 Å². The fraction of sp³-hybridized carbons (Fsp3) is 0.478. The molecule has 5 heteroatoms. The van der Waals surface area contributed by atoms with Crippen LogP contribution in [0.5, 0.6) is 0 Å². The second kappa shape index (κ2) is 7.82. The van der Waals surface area contributed by atoms with Crippen molar-refractivity contribution >= 4 is 22.5 Å². The van der Waals surface area contributed by atoms with Crippen LogP contribution >= 0.6 is 0 Å². The van der Waals surface area contributed by atoms with Crippen LogP contribution in [0.25, 0.3) is 22.6 Å². The van der Waals surface area contributed by atoms with Gasteiger partial charge in [0.05, 0.1) is 5.69 Å². The van der Waals surface area contributed by atoms with E-state index in [-0.39, 0.29) is 5.43 Å². The summed E-state index contributed by atoms with van der Waals surface area (Å²) in [5, 5.41) is 0. The third-order valence-corrected chi connectivity index (χ3v) is 5.77. The molecule has 1 heterocycles. The van der Waals surface area contributed by atoms with Crippen LogP contribution in [-0.2, 0) is 6.42 Å². The van der Waals surface area contributed by atoms with Gasteiger partial charge in [0.15, 0.2) is 17.0 Å². The Morgan fingerprint density at radius 3 is 2.25 bits per heavy atom. The molecule has 1 aliphatic heterocycles. The van der Waals surface area contributed by atoms with Crippen molar-refractivity contribution in [2.75, 3.05) is 36.5 Å². The van der Waals surface area contributed by atoms with Crippen molar-refractivity contribution in [2.24, 2.45) is 0 Å². The molecule has 0 saturated heterocycles. The monoisotopic (exact) mass is 381 g/mol. The molecule has 0 N–H and O–H groups in total. The lowest BCUT2D eigenvalue weighted by atomic mass is 10.0. The molecule has 28 heavy (non-hydrogen) atoms. The summed E-state index contributed by atoms with van der Waals surface area (Å²) in [6.07, 6.45) is 0.907. The maximum absolute atomic E-state index is 13.0. The van der Waals surface area contributed by atoms with Gasteiger partial charge in [-0.25, -0.2) is 4.98 Å². The van der Waals surface area contributed by atoms with Gasteiger partial charge in [-0.3, -0.25) is 4.79 Å². The molecule has 0 aromatic heterocycles. The lowest BCUT2D eigenvalue weighted by Gasteiger charge is -2.25. The second-order valence-electron chi connectivity index (χ2n) is 7.31. The molecule has 1 aromatic rings. The van der Waals surface area contributed by atoms with Gasteiger partial charge in [0.25, 0.3) is 0 Å². The van der Waals surface area contributed by atoms with Crippen LogP contribution in [0.4, 0.5) is 11.4 Å². The largest absolute Gasteiger partial charge is 0.452 e. The number of rotatable bonds is 6. The average Bonchev–Trinajstić information content (AvgIpc) is 2.71. The van der Waals surface area contributed by atoms with Crippen molar-refractivity contribution < 1.29 is 4.42 Å². The Kier molecular flexibility index (Phi) is 5.64. The van der Waals surface area contributed by atoms with E-state index in [2.05, 4.69) is 49.6 Å². The molecule has 0 bridgehead atoms. The molecule has 1 aromatic carbocycles. The second-order valence-corrected chi connectivity index (χ2v) is 7.31. The molecule has 0 spiro atoms. The zero-order chi connectivity index (χ0) is 20.6. The van der Waals surface area contributed by atoms with Crippen molar-refractivity contribution in [3.63, 3.8) is 0 Å². The van der Waals surface area contributed by atoms with Crippen molar-refractivity contribution in [2.45, 2.75) is 48.0 Å². The summed E-state index contributed by atoms with van der Waals surface area (Å²) in [6.45, 7) is 15.1. The summed E-state index contributed by atoms with van der Waals surface area (Å²) in [4.78, 5) is 22.2. The Balaban J connectivity index is 2.38. The van der Waals surface area contributed by atoms with Gasteiger partial charge >= 0.3 is 0 Å². The molecule has 2 aliphatic rings. The number of nitrogens with zero attached hydrogens (tertiary/aromatic N) is 3. The number of fused-ring (bicyclic) bond motifs is 2. The number of hydrogen-bond acceptors (Lipinski definition) is 5. The predicted molar refractivity (Wildman–Crippen MR) is 118 cm³/mol. The fourth-order valence-electron chi connectivity index (χ4n) is 4.05. The fourth-order valence-corrected chi connectivity index (χ4v) is 4.05. The normalized spacial score (nSPS) is 11.4. The molecular weight excluding hydrogens is 350 g/mol. The predicted octanol–water partition coefficient (Wildman–Crippen LogP) is 4.77. The standard InChI is InChI=1S/C23H31N3O2/c1-8-16-12-17-19(13-18(16)26(10-3)11-4)28-23-15(6)21(25(7)9-2)14(5)22(27)20(23)24-17/h12-13H,8-11H2,1-7H3. The Bertz CT molecular complexity index is 1030. The lowest BCUT2D eigenvalue weighted by Crippen LogP contribution is -2.24. The maximum Gasteiger partial charge on any atom is 0.213 e. The number of hydrogen-bond donors (Lipinski definition) is 0. The first-order valence-corrected chi connectivity index (χ1v) is 10.2.